The molecule has 4 rings (SSSR count). The van der Waals surface area contributed by atoms with Gasteiger partial charge in [-0.05, 0) is 61.3 Å². The number of hydrogen-bond donors (Lipinski definition) is 0. The van der Waals surface area contributed by atoms with E-state index in [-0.39, 0.29) is 23.2 Å². The van der Waals surface area contributed by atoms with Crippen molar-refractivity contribution >= 4 is 17.1 Å². The van der Waals surface area contributed by atoms with Gasteiger partial charge in [-0.1, -0.05) is 26.8 Å². The third-order valence-corrected chi connectivity index (χ3v) is 6.79. The Morgan fingerprint density at radius 1 is 1.26 bits per heavy atom. The topological polar surface area (TPSA) is 40.5 Å². The molecule has 0 bridgehead atoms. The van der Waals surface area contributed by atoms with Crippen LogP contribution in [0.1, 0.15) is 69.6 Å². The Kier molecular flexibility index (Phi) is 5.91. The van der Waals surface area contributed by atoms with Crippen LogP contribution in [-0.4, -0.2) is 23.6 Å². The zero-order valence-corrected chi connectivity index (χ0v) is 20.2. The summed E-state index contributed by atoms with van der Waals surface area (Å²) >= 11 is 1.73. The van der Waals surface area contributed by atoms with E-state index in [0.717, 1.165) is 30.2 Å². The number of Topliss-reactive ketones (excluding diaryl/α,β-unsaturated/α-hetero) is 1. The number of ether oxygens (including phenoxy) is 2. The summed E-state index contributed by atoms with van der Waals surface area (Å²) in [6.07, 6.45) is 6.01. The van der Waals surface area contributed by atoms with Gasteiger partial charge in [-0.2, -0.15) is 0 Å². The van der Waals surface area contributed by atoms with Gasteiger partial charge in [-0.3, -0.25) is 4.79 Å². The first-order chi connectivity index (χ1) is 14.7. The molecule has 0 saturated heterocycles. The van der Waals surface area contributed by atoms with Crippen LogP contribution in [0.4, 0.5) is 0 Å². The highest BCUT2D eigenvalue weighted by Crippen LogP contribution is 2.47. The Bertz CT molecular complexity index is 1020. The van der Waals surface area contributed by atoms with E-state index in [4.69, 9.17) is 9.47 Å². The quantitative estimate of drug-likeness (QED) is 0.465. The Hall–Kier alpha value is -2.27. The Balaban J connectivity index is 1.84. The Labute approximate surface area is 189 Å². The lowest BCUT2D eigenvalue weighted by molar-refractivity contribution is 0.0928. The van der Waals surface area contributed by atoms with Crippen molar-refractivity contribution < 1.29 is 14.3 Å². The number of ketones is 1. The van der Waals surface area contributed by atoms with Gasteiger partial charge in [0.2, 0.25) is 0 Å². The molecule has 5 heteroatoms. The van der Waals surface area contributed by atoms with Crippen molar-refractivity contribution in [3.05, 3.63) is 58.6 Å². The maximum atomic E-state index is 13.3. The molecule has 0 aromatic carbocycles. The van der Waals surface area contributed by atoms with Crippen LogP contribution in [0, 0.1) is 11.3 Å². The molecule has 0 spiro atoms. The second-order valence-corrected chi connectivity index (χ2v) is 11.0. The Morgan fingerprint density at radius 3 is 2.65 bits per heavy atom. The molecule has 2 aromatic rings. The number of allylic oxidation sites excluding steroid dienone is 2. The minimum absolute atomic E-state index is 0.0405. The van der Waals surface area contributed by atoms with Crippen LogP contribution < -0.4 is 0 Å². The average Bonchev–Trinajstić information content (AvgIpc) is 3.33. The van der Waals surface area contributed by atoms with E-state index in [0.29, 0.717) is 12.3 Å². The smallest absolute Gasteiger partial charge is 0.179 e. The van der Waals surface area contributed by atoms with Gasteiger partial charge in [0, 0.05) is 35.0 Å². The fraction of sp³-hybridized carbons (Fsp3) is 0.500. The SMILES string of the molecule is COC1=CC2CCn3c(C(=O)CC(C)(C)C)cc(-c4cccs4)c3C2C=C1OC(C)C. The fourth-order valence-corrected chi connectivity index (χ4v) is 5.44. The van der Waals surface area contributed by atoms with Crippen LogP contribution in [0.25, 0.3) is 10.4 Å². The number of fused-ring (bicyclic) bond motifs is 3. The van der Waals surface area contributed by atoms with Gasteiger partial charge in [-0.25, -0.2) is 0 Å². The van der Waals surface area contributed by atoms with Crippen molar-refractivity contribution in [2.45, 2.75) is 66.0 Å². The molecule has 0 N–H and O–H groups in total. The van der Waals surface area contributed by atoms with Gasteiger partial charge in [0.25, 0.3) is 0 Å². The molecule has 166 valence electrons. The van der Waals surface area contributed by atoms with Gasteiger partial charge in [0.1, 0.15) is 0 Å². The number of hydrogen-bond acceptors (Lipinski definition) is 4. The molecule has 31 heavy (non-hydrogen) atoms. The minimum Gasteiger partial charge on any atom is -0.493 e. The van der Waals surface area contributed by atoms with Crippen molar-refractivity contribution in [2.75, 3.05) is 7.11 Å². The summed E-state index contributed by atoms with van der Waals surface area (Å²) in [4.78, 5) is 14.5. The molecule has 3 heterocycles. The maximum absolute atomic E-state index is 13.3. The molecule has 0 saturated carbocycles. The van der Waals surface area contributed by atoms with Crippen LogP contribution >= 0.6 is 11.3 Å². The third-order valence-electron chi connectivity index (χ3n) is 5.89. The first-order valence-electron chi connectivity index (χ1n) is 11.1. The number of thiophene rings is 1. The van der Waals surface area contributed by atoms with E-state index in [9.17, 15) is 4.79 Å². The largest absolute Gasteiger partial charge is 0.493 e. The van der Waals surface area contributed by atoms with Gasteiger partial charge in [-0.15, -0.1) is 11.3 Å². The first-order valence-corrected chi connectivity index (χ1v) is 12.0. The molecule has 1 aliphatic heterocycles. The summed E-state index contributed by atoms with van der Waals surface area (Å²) < 4.78 is 14.0. The molecule has 4 nitrogen and oxygen atoms in total. The normalized spacial score (nSPS) is 20.6. The van der Waals surface area contributed by atoms with Gasteiger partial charge in [0.15, 0.2) is 17.3 Å². The summed E-state index contributed by atoms with van der Waals surface area (Å²) in [6, 6.07) is 6.36. The van der Waals surface area contributed by atoms with E-state index >= 15 is 0 Å². The fourth-order valence-electron chi connectivity index (χ4n) is 4.69. The molecule has 0 amide bonds. The molecular weight excluding hydrogens is 406 g/mol. The summed E-state index contributed by atoms with van der Waals surface area (Å²) in [5.74, 6) is 2.34. The lowest BCUT2D eigenvalue weighted by Crippen LogP contribution is -2.28. The lowest BCUT2D eigenvalue weighted by atomic mass is 9.79. The molecule has 1 aliphatic carbocycles. The number of carbonyl (C=O) groups excluding carboxylic acids is 1. The minimum atomic E-state index is -0.0405. The van der Waals surface area contributed by atoms with E-state index < -0.39 is 0 Å². The number of rotatable bonds is 6. The zero-order chi connectivity index (χ0) is 22.3. The van der Waals surface area contributed by atoms with E-state index in [1.807, 2.05) is 13.8 Å². The van der Waals surface area contributed by atoms with Crippen LogP contribution in [0.3, 0.4) is 0 Å². The van der Waals surface area contributed by atoms with Gasteiger partial charge < -0.3 is 14.0 Å². The summed E-state index contributed by atoms with van der Waals surface area (Å²) in [7, 11) is 1.70. The highest BCUT2D eigenvalue weighted by Gasteiger charge is 2.37. The van der Waals surface area contributed by atoms with Crippen molar-refractivity contribution in [3.63, 3.8) is 0 Å². The van der Waals surface area contributed by atoms with E-state index in [1.165, 1.54) is 16.1 Å². The summed E-state index contributed by atoms with van der Waals surface area (Å²) in [5.41, 5.74) is 3.21. The highest BCUT2D eigenvalue weighted by molar-refractivity contribution is 7.13. The van der Waals surface area contributed by atoms with Gasteiger partial charge >= 0.3 is 0 Å². The lowest BCUT2D eigenvalue weighted by Gasteiger charge is -2.35. The molecule has 2 aliphatic rings. The van der Waals surface area contributed by atoms with Crippen molar-refractivity contribution in [2.24, 2.45) is 11.3 Å². The molecule has 0 fully saturated rings. The summed E-state index contributed by atoms with van der Waals surface area (Å²) in [6.45, 7) is 11.3. The van der Waals surface area contributed by atoms with Crippen molar-refractivity contribution in [1.82, 2.24) is 4.57 Å². The predicted octanol–water partition coefficient (Wildman–Crippen LogP) is 6.79. The molecule has 2 aromatic heterocycles. The van der Waals surface area contributed by atoms with Crippen LogP contribution in [0.5, 0.6) is 0 Å². The number of aromatic nitrogens is 1. The van der Waals surface area contributed by atoms with Crippen LogP contribution in [-0.2, 0) is 16.0 Å². The predicted molar refractivity (Wildman–Crippen MR) is 126 cm³/mol. The van der Waals surface area contributed by atoms with Crippen molar-refractivity contribution in [1.29, 1.82) is 0 Å². The van der Waals surface area contributed by atoms with E-state index in [1.54, 1.807) is 18.4 Å². The van der Waals surface area contributed by atoms with Crippen LogP contribution in [0.15, 0.2) is 47.2 Å². The van der Waals surface area contributed by atoms with Crippen LogP contribution in [0.2, 0.25) is 0 Å². The molecule has 2 atom stereocenters. The first kappa shape index (κ1) is 21.9. The third kappa shape index (κ3) is 4.38. The maximum Gasteiger partial charge on any atom is 0.179 e. The van der Waals surface area contributed by atoms with Gasteiger partial charge in [0.05, 0.1) is 18.9 Å². The van der Waals surface area contributed by atoms with Crippen molar-refractivity contribution in [3.8, 4) is 10.4 Å². The molecule has 0 radical (unpaired) electrons. The highest BCUT2D eigenvalue weighted by atomic mass is 32.1. The zero-order valence-electron chi connectivity index (χ0n) is 19.4. The summed E-state index contributed by atoms with van der Waals surface area (Å²) in [5, 5.41) is 2.10. The monoisotopic (exact) mass is 439 g/mol. The standard InChI is InChI=1S/C26H33NO3S/c1-16(2)30-23-14-18-17(12-22(23)29-6)9-10-27-20(21(28)15-26(3,4)5)13-19(25(18)27)24-8-7-11-31-24/h7-8,11-14,16-18H,9-10,15H2,1-6H3. The molecule has 2 unspecified atom stereocenters. The average molecular weight is 440 g/mol. The molecular formula is C26H33NO3S. The Morgan fingerprint density at radius 2 is 2.03 bits per heavy atom. The number of nitrogens with zero attached hydrogens (tertiary/aromatic N) is 1. The number of methoxy groups -OCH3 is 1. The van der Waals surface area contributed by atoms with E-state index in [2.05, 4.69) is 61.1 Å². The second-order valence-electron chi connectivity index (χ2n) is 10.0. The number of carbonyl (C=O) groups is 1. The second kappa shape index (κ2) is 8.34.